The average molecular weight is 594 g/mol. The van der Waals surface area contributed by atoms with Crippen molar-refractivity contribution in [1.82, 2.24) is 5.32 Å². The molecule has 0 aliphatic rings. The zero-order chi connectivity index (χ0) is 30.6. The molecule has 4 rings (SSSR count). The number of carbonyl (C=O) groups excluding carboxylic acids is 3. The number of hydrogen-bond acceptors (Lipinski definition) is 5. The van der Waals surface area contributed by atoms with Gasteiger partial charge in [-0.1, -0.05) is 55.5 Å². The summed E-state index contributed by atoms with van der Waals surface area (Å²) >= 11 is 1.41. The van der Waals surface area contributed by atoms with Gasteiger partial charge < -0.3 is 20.7 Å². The van der Waals surface area contributed by atoms with Crippen molar-refractivity contribution in [2.24, 2.45) is 0 Å². The smallest absolute Gasteiger partial charge is 0.272 e. The van der Waals surface area contributed by atoms with E-state index in [2.05, 4.69) is 22.9 Å². The van der Waals surface area contributed by atoms with Crippen LogP contribution in [0.3, 0.4) is 0 Å². The Hall–Kier alpha value is -4.82. The minimum atomic E-state index is -0.470. The van der Waals surface area contributed by atoms with E-state index in [1.54, 1.807) is 42.5 Å². The van der Waals surface area contributed by atoms with Crippen LogP contribution in [0.5, 0.6) is 5.75 Å². The number of amides is 3. The highest BCUT2D eigenvalue weighted by Gasteiger charge is 2.16. The number of ether oxygens (including phenoxy) is 1. The van der Waals surface area contributed by atoms with Crippen LogP contribution in [0.4, 0.5) is 11.4 Å². The molecule has 0 aliphatic heterocycles. The highest BCUT2D eigenvalue weighted by Crippen LogP contribution is 2.24. The molecule has 0 bridgehead atoms. The molecule has 0 atom stereocenters. The van der Waals surface area contributed by atoms with Gasteiger partial charge in [-0.15, -0.1) is 11.8 Å². The Balaban J connectivity index is 1.42. The lowest BCUT2D eigenvalue weighted by Crippen LogP contribution is -2.30. The fraction of sp³-hybridized carbons (Fsp3) is 0.171. The van der Waals surface area contributed by atoms with Crippen LogP contribution in [0.2, 0.25) is 0 Å². The molecule has 4 aromatic rings. The predicted octanol–water partition coefficient (Wildman–Crippen LogP) is 7.10. The highest BCUT2D eigenvalue weighted by molar-refractivity contribution is 8.00. The second-order valence-electron chi connectivity index (χ2n) is 9.66. The number of anilines is 2. The van der Waals surface area contributed by atoms with Crippen LogP contribution in [0.15, 0.2) is 108 Å². The van der Waals surface area contributed by atoms with E-state index in [0.717, 1.165) is 39.4 Å². The molecule has 0 unspecified atom stereocenters. The number of nitrogens with one attached hydrogen (secondary N) is 3. The molecule has 3 amide bonds. The molecule has 7 nitrogen and oxygen atoms in total. The lowest BCUT2D eigenvalue weighted by Gasteiger charge is -2.13. The van der Waals surface area contributed by atoms with E-state index in [0.29, 0.717) is 17.9 Å². The van der Waals surface area contributed by atoms with E-state index >= 15 is 0 Å². The molecule has 0 fully saturated rings. The third kappa shape index (κ3) is 9.08. The van der Waals surface area contributed by atoms with E-state index in [9.17, 15) is 14.4 Å². The lowest BCUT2D eigenvalue weighted by molar-refractivity contribution is -0.114. The van der Waals surface area contributed by atoms with Crippen molar-refractivity contribution in [3.8, 4) is 5.75 Å². The Morgan fingerprint density at radius 3 is 2.21 bits per heavy atom. The second kappa shape index (κ2) is 15.4. The topological polar surface area (TPSA) is 96.5 Å². The molecule has 0 spiro atoms. The maximum atomic E-state index is 13.3. The number of para-hydroxylation sites is 1. The normalized spacial score (nSPS) is 11.0. The van der Waals surface area contributed by atoms with Gasteiger partial charge in [0.2, 0.25) is 5.91 Å². The van der Waals surface area contributed by atoms with Crippen molar-refractivity contribution < 1.29 is 19.1 Å². The maximum Gasteiger partial charge on any atom is 0.272 e. The first kappa shape index (κ1) is 31.1. The van der Waals surface area contributed by atoms with E-state index < -0.39 is 11.8 Å². The molecule has 220 valence electrons. The number of aryl methyl sites for hydroxylation is 2. The summed E-state index contributed by atoms with van der Waals surface area (Å²) in [5.74, 6) is 0.0291. The van der Waals surface area contributed by atoms with Crippen molar-refractivity contribution in [2.75, 3.05) is 23.0 Å². The Bertz CT molecular complexity index is 1580. The van der Waals surface area contributed by atoms with Crippen LogP contribution in [-0.2, 0) is 16.0 Å². The van der Waals surface area contributed by atoms with E-state index in [4.69, 9.17) is 4.74 Å². The van der Waals surface area contributed by atoms with Gasteiger partial charge in [-0.3, -0.25) is 14.4 Å². The highest BCUT2D eigenvalue weighted by atomic mass is 32.2. The molecule has 8 heteroatoms. The maximum absolute atomic E-state index is 13.3. The van der Waals surface area contributed by atoms with Crippen molar-refractivity contribution in [3.63, 3.8) is 0 Å². The summed E-state index contributed by atoms with van der Waals surface area (Å²) in [4.78, 5) is 39.8. The van der Waals surface area contributed by atoms with Gasteiger partial charge in [0.25, 0.3) is 11.8 Å². The van der Waals surface area contributed by atoms with E-state index in [1.807, 2.05) is 74.5 Å². The van der Waals surface area contributed by atoms with Crippen LogP contribution in [0.1, 0.15) is 40.9 Å². The molecule has 0 saturated carbocycles. The number of thioether (sulfide) groups is 1. The number of carbonyl (C=O) groups is 3. The van der Waals surface area contributed by atoms with Gasteiger partial charge in [-0.25, -0.2) is 0 Å². The van der Waals surface area contributed by atoms with Gasteiger partial charge in [-0.2, -0.15) is 0 Å². The van der Waals surface area contributed by atoms with Crippen LogP contribution >= 0.6 is 11.8 Å². The van der Waals surface area contributed by atoms with Crippen molar-refractivity contribution in [1.29, 1.82) is 0 Å². The summed E-state index contributed by atoms with van der Waals surface area (Å²) in [5.41, 5.74) is 4.83. The standard InChI is InChI=1S/C35H35N3O4S/c1-4-26-13-9-10-24(3)33(26)38-32(39)23-43-30-20-16-28(17-21-30)36-35(41)31(37-34(40)27-11-7-6-8-12-27)22-25-14-18-29(19-15-25)42-5-2/h6-22H,4-5,23H2,1-3H3,(H,36,41)(H,37,40)(H,38,39)/b31-22-. The summed E-state index contributed by atoms with van der Waals surface area (Å²) < 4.78 is 5.50. The van der Waals surface area contributed by atoms with Gasteiger partial charge in [-0.05, 0) is 91.6 Å². The number of hydrogen-bond donors (Lipinski definition) is 3. The second-order valence-corrected chi connectivity index (χ2v) is 10.7. The van der Waals surface area contributed by atoms with Crippen molar-refractivity contribution in [3.05, 3.63) is 125 Å². The largest absolute Gasteiger partial charge is 0.494 e. The SMILES string of the molecule is CCOc1ccc(/C=C(\NC(=O)c2ccccc2)C(=O)Nc2ccc(SCC(=O)Nc3c(C)cccc3CC)cc2)cc1. The minimum Gasteiger partial charge on any atom is -0.494 e. The molecule has 0 radical (unpaired) electrons. The van der Waals surface area contributed by atoms with Crippen molar-refractivity contribution in [2.45, 2.75) is 32.1 Å². The lowest BCUT2D eigenvalue weighted by atomic mass is 10.1. The Labute approximate surface area is 256 Å². The van der Waals surface area contributed by atoms with Crippen LogP contribution < -0.4 is 20.7 Å². The zero-order valence-electron chi connectivity index (χ0n) is 24.5. The predicted molar refractivity (Wildman–Crippen MR) is 174 cm³/mol. The molecule has 0 heterocycles. The Morgan fingerprint density at radius 1 is 0.814 bits per heavy atom. The van der Waals surface area contributed by atoms with Gasteiger partial charge in [0, 0.05) is 21.8 Å². The zero-order valence-corrected chi connectivity index (χ0v) is 25.3. The fourth-order valence-corrected chi connectivity index (χ4v) is 4.99. The van der Waals surface area contributed by atoms with Crippen LogP contribution in [0.25, 0.3) is 6.08 Å². The van der Waals surface area contributed by atoms with E-state index in [-0.39, 0.29) is 17.4 Å². The molecule has 0 aromatic heterocycles. The summed E-state index contributed by atoms with van der Waals surface area (Å²) in [6, 6.07) is 29.2. The third-order valence-corrected chi connectivity index (χ3v) is 7.53. The summed E-state index contributed by atoms with van der Waals surface area (Å²) in [6.07, 6.45) is 2.46. The molecule has 0 saturated heterocycles. The van der Waals surface area contributed by atoms with Gasteiger partial charge in [0.05, 0.1) is 12.4 Å². The van der Waals surface area contributed by atoms with Gasteiger partial charge in [0.15, 0.2) is 0 Å². The molecule has 43 heavy (non-hydrogen) atoms. The molecule has 0 aliphatic carbocycles. The van der Waals surface area contributed by atoms with Gasteiger partial charge in [0.1, 0.15) is 11.4 Å². The first-order chi connectivity index (χ1) is 20.9. The quantitative estimate of drug-likeness (QED) is 0.120. The molecular weight excluding hydrogens is 558 g/mol. The van der Waals surface area contributed by atoms with Crippen molar-refractivity contribution >= 4 is 46.9 Å². The minimum absolute atomic E-state index is 0.0791. The number of rotatable bonds is 12. The molecule has 4 aromatic carbocycles. The first-order valence-electron chi connectivity index (χ1n) is 14.1. The third-order valence-electron chi connectivity index (χ3n) is 6.52. The number of benzene rings is 4. The van der Waals surface area contributed by atoms with E-state index in [1.165, 1.54) is 11.8 Å². The Morgan fingerprint density at radius 2 is 1.53 bits per heavy atom. The summed E-state index contributed by atoms with van der Waals surface area (Å²) in [6.45, 7) is 6.51. The Kier molecular flexibility index (Phi) is 11.2. The van der Waals surface area contributed by atoms with Gasteiger partial charge >= 0.3 is 0 Å². The summed E-state index contributed by atoms with van der Waals surface area (Å²) in [5, 5.41) is 8.65. The summed E-state index contributed by atoms with van der Waals surface area (Å²) in [7, 11) is 0. The average Bonchev–Trinajstić information content (AvgIpc) is 3.02. The molecular formula is C35H35N3O4S. The fourth-order valence-electron chi connectivity index (χ4n) is 4.30. The monoisotopic (exact) mass is 593 g/mol. The van der Waals surface area contributed by atoms with Crippen LogP contribution in [0, 0.1) is 6.92 Å². The van der Waals surface area contributed by atoms with Crippen LogP contribution in [-0.4, -0.2) is 30.1 Å². The first-order valence-corrected chi connectivity index (χ1v) is 15.1. The molecule has 3 N–H and O–H groups in total.